The van der Waals surface area contributed by atoms with E-state index in [1.165, 1.54) is 20.8 Å². The molecule has 1 atom stereocenters. The number of carbonyl (C=O) groups excluding carboxylic acids is 1. The minimum absolute atomic E-state index is 0.232. The van der Waals surface area contributed by atoms with Crippen molar-refractivity contribution in [2.45, 2.75) is 52.2 Å². The molecule has 2 aromatic carbocycles. The minimum Gasteiger partial charge on any atom is -0.444 e. The molecule has 4 heterocycles. The standard InChI is InChI=1S/C33H37ClN4O2S/c1-22-20-28-31(41-22)30(38-15-5-6-29(38)24-7-11-25(34)12-8-24)21-27(35-28)23-9-13-26(14-10-23)36-16-18-37(19-17-36)32(39)40-33(2,3)4/h7-14,20-21,29H,5-6,15-19H2,1-4H3. The predicted octanol–water partition coefficient (Wildman–Crippen LogP) is 8.32. The van der Waals surface area contributed by atoms with Crippen molar-refractivity contribution in [2.75, 3.05) is 42.5 Å². The lowest BCUT2D eigenvalue weighted by Gasteiger charge is -2.36. The summed E-state index contributed by atoms with van der Waals surface area (Å²) in [5.74, 6) is 0. The maximum Gasteiger partial charge on any atom is 0.410 e. The molecule has 2 fully saturated rings. The lowest BCUT2D eigenvalue weighted by atomic mass is 10.0. The Morgan fingerprint density at radius 1 is 0.976 bits per heavy atom. The quantitative estimate of drug-likeness (QED) is 0.240. The summed E-state index contributed by atoms with van der Waals surface area (Å²) in [5, 5.41) is 0.772. The van der Waals surface area contributed by atoms with Gasteiger partial charge in [0.1, 0.15) is 5.60 Å². The van der Waals surface area contributed by atoms with Crippen LogP contribution >= 0.6 is 22.9 Å². The average molecular weight is 589 g/mol. The number of fused-ring (bicyclic) bond motifs is 1. The first kappa shape index (κ1) is 27.9. The molecule has 8 heteroatoms. The van der Waals surface area contributed by atoms with Gasteiger partial charge >= 0.3 is 6.09 Å². The largest absolute Gasteiger partial charge is 0.444 e. The Balaban J connectivity index is 1.23. The van der Waals surface area contributed by atoms with Gasteiger partial charge in [0.15, 0.2) is 0 Å². The van der Waals surface area contributed by atoms with Gasteiger partial charge in [-0.2, -0.15) is 0 Å². The van der Waals surface area contributed by atoms with E-state index < -0.39 is 5.60 Å². The van der Waals surface area contributed by atoms with Gasteiger partial charge in [0.05, 0.1) is 27.6 Å². The zero-order valence-electron chi connectivity index (χ0n) is 24.2. The van der Waals surface area contributed by atoms with Crippen molar-refractivity contribution >= 4 is 50.6 Å². The fourth-order valence-corrected chi connectivity index (χ4v) is 7.00. The number of aryl methyl sites for hydroxylation is 1. The topological polar surface area (TPSA) is 48.9 Å². The van der Waals surface area contributed by atoms with Gasteiger partial charge in [-0.25, -0.2) is 9.78 Å². The molecule has 6 rings (SSSR count). The molecular weight excluding hydrogens is 552 g/mol. The van der Waals surface area contributed by atoms with Crippen LogP contribution < -0.4 is 9.80 Å². The number of halogens is 1. The number of carbonyl (C=O) groups is 1. The summed E-state index contributed by atoms with van der Waals surface area (Å²) in [7, 11) is 0. The molecule has 0 bridgehead atoms. The number of aromatic nitrogens is 1. The molecule has 2 aliphatic rings. The normalized spacial score (nSPS) is 17.9. The number of piperazine rings is 1. The van der Waals surface area contributed by atoms with Crippen molar-refractivity contribution in [1.82, 2.24) is 9.88 Å². The van der Waals surface area contributed by atoms with E-state index in [9.17, 15) is 4.79 Å². The first-order valence-electron chi connectivity index (χ1n) is 14.4. The van der Waals surface area contributed by atoms with Crippen molar-refractivity contribution < 1.29 is 9.53 Å². The van der Waals surface area contributed by atoms with Crippen molar-refractivity contribution in [3.8, 4) is 11.3 Å². The molecule has 6 nitrogen and oxygen atoms in total. The number of hydrogen-bond acceptors (Lipinski definition) is 6. The third-order valence-electron chi connectivity index (χ3n) is 7.86. The SMILES string of the molecule is Cc1cc2nc(-c3ccc(N4CCN(C(=O)OC(C)(C)C)CC4)cc3)cc(N3CCCC3c3ccc(Cl)cc3)c2s1. The fraction of sp³-hybridized carbons (Fsp3) is 0.394. The number of hydrogen-bond donors (Lipinski definition) is 0. The second-order valence-corrected chi connectivity index (χ2v) is 13.7. The maximum absolute atomic E-state index is 12.5. The Morgan fingerprint density at radius 2 is 1.68 bits per heavy atom. The van der Waals surface area contributed by atoms with Gasteiger partial charge < -0.3 is 19.4 Å². The third-order valence-corrected chi connectivity index (χ3v) is 9.17. The van der Waals surface area contributed by atoms with Crippen LogP contribution in [-0.4, -0.2) is 54.3 Å². The van der Waals surface area contributed by atoms with Crippen molar-refractivity contribution in [2.24, 2.45) is 0 Å². The molecule has 4 aromatic rings. The Kier molecular flexibility index (Phi) is 7.60. The maximum atomic E-state index is 12.5. The van der Waals surface area contributed by atoms with Crippen LogP contribution in [0.3, 0.4) is 0 Å². The number of pyridine rings is 1. The Labute approximate surface area is 251 Å². The molecule has 0 aliphatic carbocycles. The van der Waals surface area contributed by atoms with Crippen LogP contribution in [0.1, 0.15) is 50.1 Å². The average Bonchev–Trinajstić information content (AvgIpc) is 3.58. The van der Waals surface area contributed by atoms with E-state index in [2.05, 4.69) is 65.3 Å². The van der Waals surface area contributed by atoms with E-state index in [4.69, 9.17) is 21.3 Å². The van der Waals surface area contributed by atoms with Crippen LogP contribution in [-0.2, 0) is 4.74 Å². The molecule has 0 radical (unpaired) electrons. The van der Waals surface area contributed by atoms with Crippen LogP contribution in [0.25, 0.3) is 21.5 Å². The number of benzene rings is 2. The van der Waals surface area contributed by atoms with E-state index in [-0.39, 0.29) is 6.09 Å². The molecule has 0 N–H and O–H groups in total. The van der Waals surface area contributed by atoms with Crippen LogP contribution in [0.2, 0.25) is 5.02 Å². The van der Waals surface area contributed by atoms with E-state index in [0.717, 1.165) is 60.0 Å². The van der Waals surface area contributed by atoms with Gasteiger partial charge in [0.25, 0.3) is 0 Å². The Bertz CT molecular complexity index is 1540. The predicted molar refractivity (Wildman–Crippen MR) is 171 cm³/mol. The van der Waals surface area contributed by atoms with Gasteiger partial charge in [-0.1, -0.05) is 35.9 Å². The number of thiophene rings is 1. The molecular formula is C33H37ClN4O2S. The molecule has 214 valence electrons. The summed E-state index contributed by atoms with van der Waals surface area (Å²) in [5.41, 5.74) is 6.42. The molecule has 1 unspecified atom stereocenters. The summed E-state index contributed by atoms with van der Waals surface area (Å²) in [4.78, 5) is 25.5. The van der Waals surface area contributed by atoms with Crippen LogP contribution in [0.5, 0.6) is 0 Å². The number of ether oxygens (including phenoxy) is 1. The van der Waals surface area contributed by atoms with Gasteiger partial charge in [-0.05, 0) is 82.5 Å². The molecule has 2 aliphatic heterocycles. The van der Waals surface area contributed by atoms with Crippen molar-refractivity contribution in [3.05, 3.63) is 76.1 Å². The van der Waals surface area contributed by atoms with Crippen molar-refractivity contribution in [1.29, 1.82) is 0 Å². The monoisotopic (exact) mass is 588 g/mol. The zero-order chi connectivity index (χ0) is 28.7. The number of amides is 1. The third kappa shape index (κ3) is 6.02. The molecule has 2 aromatic heterocycles. The summed E-state index contributed by atoms with van der Waals surface area (Å²) in [6.45, 7) is 11.8. The smallest absolute Gasteiger partial charge is 0.410 e. The Morgan fingerprint density at radius 3 is 2.37 bits per heavy atom. The number of anilines is 2. The highest BCUT2D eigenvalue weighted by Gasteiger charge is 2.29. The second kappa shape index (κ2) is 11.2. The second-order valence-electron chi connectivity index (χ2n) is 12.0. The van der Waals surface area contributed by atoms with Gasteiger partial charge in [0, 0.05) is 53.9 Å². The van der Waals surface area contributed by atoms with Crippen LogP contribution in [0.15, 0.2) is 60.7 Å². The van der Waals surface area contributed by atoms with E-state index in [1.807, 2.05) is 44.2 Å². The van der Waals surface area contributed by atoms with E-state index >= 15 is 0 Å². The van der Waals surface area contributed by atoms with Crippen molar-refractivity contribution in [3.63, 3.8) is 0 Å². The molecule has 41 heavy (non-hydrogen) atoms. The number of rotatable bonds is 4. The summed E-state index contributed by atoms with van der Waals surface area (Å²) >= 11 is 8.02. The summed E-state index contributed by atoms with van der Waals surface area (Å²) in [6, 6.07) is 21.8. The highest BCUT2D eigenvalue weighted by atomic mass is 35.5. The first-order valence-corrected chi connectivity index (χ1v) is 15.6. The van der Waals surface area contributed by atoms with E-state index in [1.54, 1.807) is 4.90 Å². The van der Waals surface area contributed by atoms with Gasteiger partial charge in [-0.3, -0.25) is 0 Å². The summed E-state index contributed by atoms with van der Waals surface area (Å²) < 4.78 is 6.81. The highest BCUT2D eigenvalue weighted by Crippen LogP contribution is 2.43. The Hall–Kier alpha value is -3.29. The van der Waals surface area contributed by atoms with Gasteiger partial charge in [-0.15, -0.1) is 11.3 Å². The van der Waals surface area contributed by atoms with E-state index in [0.29, 0.717) is 19.1 Å². The fourth-order valence-electron chi connectivity index (χ4n) is 5.89. The zero-order valence-corrected chi connectivity index (χ0v) is 25.8. The van der Waals surface area contributed by atoms with Crippen LogP contribution in [0.4, 0.5) is 16.2 Å². The van der Waals surface area contributed by atoms with Crippen LogP contribution in [0, 0.1) is 6.92 Å². The molecule has 0 saturated carbocycles. The summed E-state index contributed by atoms with van der Waals surface area (Å²) in [6.07, 6.45) is 2.05. The highest BCUT2D eigenvalue weighted by molar-refractivity contribution is 7.19. The molecule has 2 saturated heterocycles. The van der Waals surface area contributed by atoms with Gasteiger partial charge in [0.2, 0.25) is 0 Å². The number of nitrogens with zero attached hydrogens (tertiary/aromatic N) is 4. The lowest BCUT2D eigenvalue weighted by molar-refractivity contribution is 0.0240. The first-order chi connectivity index (χ1) is 19.6. The lowest BCUT2D eigenvalue weighted by Crippen LogP contribution is -2.50. The molecule has 0 spiro atoms. The minimum atomic E-state index is -0.478. The molecule has 1 amide bonds.